The lowest BCUT2D eigenvalue weighted by Crippen LogP contribution is -2.34. The maximum absolute atomic E-state index is 12.2. The molecule has 5 nitrogen and oxygen atoms in total. The first-order valence-corrected chi connectivity index (χ1v) is 10.5. The summed E-state index contributed by atoms with van der Waals surface area (Å²) in [5.74, 6) is -0.334. The lowest BCUT2D eigenvalue weighted by Gasteiger charge is -2.11. The summed E-state index contributed by atoms with van der Waals surface area (Å²) in [7, 11) is 0. The standard InChI is InChI=1S/C23H20BrN3O2S/c24-18-9-7-17(8-10-18)22(29)27-23(30)26-20-13-11-19(12-14-20)25-21(28)15-6-16-4-2-1-3-5-16/h1-5,7-14H,6,15H2,(H,25,28)(H2,26,27,29,30). The average molecular weight is 482 g/mol. The highest BCUT2D eigenvalue weighted by Crippen LogP contribution is 2.15. The molecule has 3 aromatic carbocycles. The molecule has 0 radical (unpaired) electrons. The van der Waals surface area contributed by atoms with Gasteiger partial charge in [-0.25, -0.2) is 0 Å². The summed E-state index contributed by atoms with van der Waals surface area (Å²) >= 11 is 8.53. The molecule has 3 rings (SSSR count). The first-order chi connectivity index (χ1) is 14.5. The van der Waals surface area contributed by atoms with Crippen molar-refractivity contribution < 1.29 is 9.59 Å². The smallest absolute Gasteiger partial charge is 0.257 e. The van der Waals surface area contributed by atoms with Crippen molar-refractivity contribution in [3.63, 3.8) is 0 Å². The first-order valence-electron chi connectivity index (χ1n) is 9.31. The fraction of sp³-hybridized carbons (Fsp3) is 0.0870. The van der Waals surface area contributed by atoms with Gasteiger partial charge in [0, 0.05) is 27.8 Å². The van der Waals surface area contributed by atoms with Gasteiger partial charge in [-0.05, 0) is 72.7 Å². The van der Waals surface area contributed by atoms with E-state index >= 15 is 0 Å². The van der Waals surface area contributed by atoms with Crippen LogP contribution in [0.15, 0.2) is 83.3 Å². The average Bonchev–Trinajstić information content (AvgIpc) is 2.75. The Morgan fingerprint density at radius 1 is 0.800 bits per heavy atom. The van der Waals surface area contributed by atoms with Gasteiger partial charge in [-0.15, -0.1) is 0 Å². The van der Waals surface area contributed by atoms with Gasteiger partial charge in [-0.1, -0.05) is 46.3 Å². The van der Waals surface area contributed by atoms with Crippen molar-refractivity contribution in [2.75, 3.05) is 10.6 Å². The third-order valence-electron chi connectivity index (χ3n) is 4.24. The summed E-state index contributed by atoms with van der Waals surface area (Å²) in [5, 5.41) is 8.67. The van der Waals surface area contributed by atoms with E-state index in [0.29, 0.717) is 29.8 Å². The Hall–Kier alpha value is -3.03. The summed E-state index contributed by atoms with van der Waals surface area (Å²) in [6, 6.07) is 24.0. The van der Waals surface area contributed by atoms with Gasteiger partial charge in [0.1, 0.15) is 0 Å². The van der Waals surface area contributed by atoms with Crippen LogP contribution in [-0.2, 0) is 11.2 Å². The molecule has 0 heterocycles. The monoisotopic (exact) mass is 481 g/mol. The Morgan fingerprint density at radius 2 is 1.40 bits per heavy atom. The minimum absolute atomic E-state index is 0.0446. The van der Waals surface area contributed by atoms with Crippen LogP contribution in [0.25, 0.3) is 0 Å². The number of carbonyl (C=O) groups is 2. The minimum Gasteiger partial charge on any atom is -0.332 e. The molecule has 0 aliphatic rings. The number of hydrogen-bond acceptors (Lipinski definition) is 3. The molecule has 2 amide bonds. The number of anilines is 2. The number of halogens is 1. The summed E-state index contributed by atoms with van der Waals surface area (Å²) in [6.07, 6.45) is 1.11. The van der Waals surface area contributed by atoms with Crippen LogP contribution >= 0.6 is 28.1 Å². The van der Waals surface area contributed by atoms with E-state index in [-0.39, 0.29) is 16.9 Å². The van der Waals surface area contributed by atoms with E-state index in [4.69, 9.17) is 12.2 Å². The van der Waals surface area contributed by atoms with Crippen molar-refractivity contribution in [3.8, 4) is 0 Å². The van der Waals surface area contributed by atoms with Gasteiger partial charge in [0.25, 0.3) is 5.91 Å². The quantitative estimate of drug-likeness (QED) is 0.426. The van der Waals surface area contributed by atoms with Gasteiger partial charge >= 0.3 is 0 Å². The Labute approximate surface area is 189 Å². The maximum atomic E-state index is 12.2. The highest BCUT2D eigenvalue weighted by molar-refractivity contribution is 9.10. The van der Waals surface area contributed by atoms with Crippen LogP contribution < -0.4 is 16.0 Å². The summed E-state index contributed by atoms with van der Waals surface area (Å²) in [6.45, 7) is 0. The molecule has 0 fully saturated rings. The van der Waals surface area contributed by atoms with Crippen molar-refractivity contribution >= 4 is 56.4 Å². The molecule has 0 aliphatic heterocycles. The fourth-order valence-electron chi connectivity index (χ4n) is 2.70. The van der Waals surface area contributed by atoms with Crippen LogP contribution in [0.2, 0.25) is 0 Å². The van der Waals surface area contributed by atoms with Gasteiger partial charge in [-0.2, -0.15) is 0 Å². The Kier molecular flexibility index (Phi) is 7.70. The Morgan fingerprint density at radius 3 is 2.03 bits per heavy atom. The van der Waals surface area contributed by atoms with Gasteiger partial charge in [0.15, 0.2) is 5.11 Å². The molecule has 0 saturated carbocycles. The van der Waals surface area contributed by atoms with E-state index in [0.717, 1.165) is 10.0 Å². The summed E-state index contributed by atoms with van der Waals surface area (Å²) in [5.41, 5.74) is 3.05. The predicted molar refractivity (Wildman–Crippen MR) is 128 cm³/mol. The summed E-state index contributed by atoms with van der Waals surface area (Å²) in [4.78, 5) is 24.3. The highest BCUT2D eigenvalue weighted by Gasteiger charge is 2.08. The number of thiocarbonyl (C=S) groups is 1. The van der Waals surface area contributed by atoms with Crippen LogP contribution in [0.5, 0.6) is 0 Å². The molecule has 0 aliphatic carbocycles. The second kappa shape index (κ2) is 10.7. The molecule has 7 heteroatoms. The first kappa shape index (κ1) is 21.7. The number of amides is 2. The van der Waals surface area contributed by atoms with Gasteiger partial charge < -0.3 is 10.6 Å². The molecule has 3 N–H and O–H groups in total. The van der Waals surface area contributed by atoms with Crippen LogP contribution in [0.4, 0.5) is 11.4 Å². The molecular weight excluding hydrogens is 462 g/mol. The maximum Gasteiger partial charge on any atom is 0.257 e. The SMILES string of the molecule is O=C(CCc1ccccc1)Nc1ccc(NC(=S)NC(=O)c2ccc(Br)cc2)cc1. The largest absolute Gasteiger partial charge is 0.332 e. The van der Waals surface area contributed by atoms with Crippen LogP contribution in [0.1, 0.15) is 22.3 Å². The van der Waals surface area contributed by atoms with Crippen LogP contribution in [0, 0.1) is 0 Å². The fourth-order valence-corrected chi connectivity index (χ4v) is 3.18. The molecule has 0 atom stereocenters. The number of benzene rings is 3. The number of rotatable bonds is 6. The van der Waals surface area contributed by atoms with E-state index in [1.807, 2.05) is 30.3 Å². The third-order valence-corrected chi connectivity index (χ3v) is 4.98. The second-order valence-electron chi connectivity index (χ2n) is 6.53. The van der Waals surface area contributed by atoms with E-state index in [9.17, 15) is 9.59 Å². The van der Waals surface area contributed by atoms with Crippen molar-refractivity contribution in [2.45, 2.75) is 12.8 Å². The van der Waals surface area contributed by atoms with Crippen molar-refractivity contribution in [1.29, 1.82) is 0 Å². The highest BCUT2D eigenvalue weighted by atomic mass is 79.9. The lowest BCUT2D eigenvalue weighted by atomic mass is 10.1. The summed E-state index contributed by atoms with van der Waals surface area (Å²) < 4.78 is 0.895. The van der Waals surface area contributed by atoms with Gasteiger partial charge in [0.2, 0.25) is 5.91 Å². The van der Waals surface area contributed by atoms with E-state index in [1.165, 1.54) is 0 Å². The number of nitrogens with one attached hydrogen (secondary N) is 3. The molecular formula is C23H20BrN3O2S. The number of carbonyl (C=O) groups excluding carboxylic acids is 2. The van der Waals surface area contributed by atoms with Crippen LogP contribution in [0.3, 0.4) is 0 Å². The van der Waals surface area contributed by atoms with Gasteiger partial charge in [0.05, 0.1) is 0 Å². The predicted octanol–water partition coefficient (Wildman–Crippen LogP) is 5.15. The molecule has 0 aromatic heterocycles. The molecule has 0 bridgehead atoms. The molecule has 0 spiro atoms. The van der Waals surface area contributed by atoms with E-state index < -0.39 is 0 Å². The zero-order chi connectivity index (χ0) is 21.3. The number of hydrogen-bond donors (Lipinski definition) is 3. The molecule has 0 unspecified atom stereocenters. The Balaban J connectivity index is 1.46. The zero-order valence-corrected chi connectivity index (χ0v) is 18.4. The minimum atomic E-state index is -0.290. The molecule has 3 aromatic rings. The molecule has 0 saturated heterocycles. The number of aryl methyl sites for hydroxylation is 1. The zero-order valence-electron chi connectivity index (χ0n) is 16.0. The van der Waals surface area contributed by atoms with Crippen molar-refractivity contribution in [2.24, 2.45) is 0 Å². The van der Waals surface area contributed by atoms with Crippen LogP contribution in [-0.4, -0.2) is 16.9 Å². The normalized spacial score (nSPS) is 10.2. The van der Waals surface area contributed by atoms with E-state index in [2.05, 4.69) is 31.9 Å². The molecule has 30 heavy (non-hydrogen) atoms. The van der Waals surface area contributed by atoms with Crippen molar-refractivity contribution in [1.82, 2.24) is 5.32 Å². The van der Waals surface area contributed by atoms with Gasteiger partial charge in [-0.3, -0.25) is 14.9 Å². The topological polar surface area (TPSA) is 70.2 Å². The third kappa shape index (κ3) is 6.79. The van der Waals surface area contributed by atoms with Crippen molar-refractivity contribution in [3.05, 3.63) is 94.5 Å². The Bertz CT molecular complexity index is 1020. The second-order valence-corrected chi connectivity index (χ2v) is 7.85. The molecule has 152 valence electrons. The van der Waals surface area contributed by atoms with E-state index in [1.54, 1.807) is 48.5 Å². The lowest BCUT2D eigenvalue weighted by molar-refractivity contribution is -0.116.